The number of methoxy groups -OCH3 is 1. The van der Waals surface area contributed by atoms with Crippen molar-refractivity contribution in [2.45, 2.75) is 32.7 Å². The van der Waals surface area contributed by atoms with Gasteiger partial charge in [-0.15, -0.1) is 5.10 Å². The number of non-ortho nitro benzene ring substituents is 1. The summed E-state index contributed by atoms with van der Waals surface area (Å²) in [5.41, 5.74) is 2.69. The van der Waals surface area contributed by atoms with Crippen LogP contribution in [0.15, 0.2) is 59.8 Å². The predicted octanol–water partition coefficient (Wildman–Crippen LogP) is 4.52. The molecule has 1 aliphatic carbocycles. The van der Waals surface area contributed by atoms with Crippen molar-refractivity contribution in [2.24, 2.45) is 5.41 Å². The summed E-state index contributed by atoms with van der Waals surface area (Å²) in [5, 5.41) is 19.2. The summed E-state index contributed by atoms with van der Waals surface area (Å²) < 4.78 is 7.11. The Hall–Kier alpha value is -4.01. The van der Waals surface area contributed by atoms with Crippen LogP contribution in [0.5, 0.6) is 5.75 Å². The van der Waals surface area contributed by atoms with Crippen LogP contribution in [0.1, 0.15) is 38.3 Å². The minimum absolute atomic E-state index is 0.0353. The molecule has 9 nitrogen and oxygen atoms in total. The Morgan fingerprint density at radius 2 is 1.97 bits per heavy atom. The summed E-state index contributed by atoms with van der Waals surface area (Å²) in [5.74, 6) is 1.59. The molecule has 168 valence electrons. The van der Waals surface area contributed by atoms with Crippen LogP contribution in [0.25, 0.3) is 11.4 Å². The molecule has 1 aliphatic heterocycles. The van der Waals surface area contributed by atoms with Crippen molar-refractivity contribution in [2.75, 3.05) is 12.4 Å². The third kappa shape index (κ3) is 3.65. The molecule has 1 unspecified atom stereocenters. The third-order valence-electron chi connectivity index (χ3n) is 6.06. The second kappa shape index (κ2) is 7.54. The average molecular weight is 445 g/mol. The quantitative estimate of drug-likeness (QED) is 0.464. The number of carbonyl (C=O) groups is 1. The number of carbonyl (C=O) groups excluding carboxylic acids is 1. The number of benzene rings is 2. The maximum atomic E-state index is 13.3. The minimum Gasteiger partial charge on any atom is -0.497 e. The van der Waals surface area contributed by atoms with Gasteiger partial charge in [-0.2, -0.15) is 4.98 Å². The number of hydrogen-bond acceptors (Lipinski definition) is 7. The maximum absolute atomic E-state index is 13.3. The van der Waals surface area contributed by atoms with Gasteiger partial charge < -0.3 is 10.1 Å². The fraction of sp³-hybridized carbons (Fsp3) is 0.292. The van der Waals surface area contributed by atoms with Gasteiger partial charge in [-0.3, -0.25) is 14.9 Å². The lowest BCUT2D eigenvalue weighted by Crippen LogP contribution is -2.36. The fourth-order valence-corrected chi connectivity index (χ4v) is 4.61. The van der Waals surface area contributed by atoms with Gasteiger partial charge in [-0.25, -0.2) is 4.68 Å². The topological polar surface area (TPSA) is 112 Å². The lowest BCUT2D eigenvalue weighted by Gasteiger charge is -2.38. The van der Waals surface area contributed by atoms with E-state index in [1.807, 2.05) is 24.3 Å². The molecule has 0 radical (unpaired) electrons. The summed E-state index contributed by atoms with van der Waals surface area (Å²) in [6.45, 7) is 4.15. The summed E-state index contributed by atoms with van der Waals surface area (Å²) >= 11 is 0. The monoisotopic (exact) mass is 445 g/mol. The van der Waals surface area contributed by atoms with Crippen molar-refractivity contribution >= 4 is 17.4 Å². The Labute approximate surface area is 190 Å². The van der Waals surface area contributed by atoms with Crippen LogP contribution in [-0.4, -0.2) is 32.6 Å². The Morgan fingerprint density at radius 1 is 1.18 bits per heavy atom. The van der Waals surface area contributed by atoms with E-state index in [1.165, 1.54) is 12.1 Å². The van der Waals surface area contributed by atoms with Crippen LogP contribution in [0, 0.1) is 15.5 Å². The largest absolute Gasteiger partial charge is 0.497 e. The molecule has 2 heterocycles. The normalized spacial score (nSPS) is 18.9. The number of fused-ring (bicyclic) bond motifs is 1. The van der Waals surface area contributed by atoms with Crippen LogP contribution in [0.2, 0.25) is 0 Å². The van der Waals surface area contributed by atoms with Crippen molar-refractivity contribution in [1.82, 2.24) is 14.8 Å². The first-order valence-electron chi connectivity index (χ1n) is 10.6. The number of ether oxygens (including phenoxy) is 1. The highest BCUT2D eigenvalue weighted by Gasteiger charge is 2.42. The van der Waals surface area contributed by atoms with Crippen molar-refractivity contribution in [3.8, 4) is 17.1 Å². The van der Waals surface area contributed by atoms with Gasteiger partial charge in [0, 0.05) is 35.4 Å². The van der Waals surface area contributed by atoms with Crippen LogP contribution >= 0.6 is 0 Å². The third-order valence-corrected chi connectivity index (χ3v) is 6.06. The number of nitrogens with one attached hydrogen (secondary N) is 1. The molecular weight excluding hydrogens is 422 g/mol. The van der Waals surface area contributed by atoms with Crippen molar-refractivity contribution in [3.63, 3.8) is 0 Å². The molecule has 0 spiro atoms. The smallest absolute Gasteiger partial charge is 0.270 e. The Bertz CT molecular complexity index is 1320. The number of Topliss-reactive ketones (excluding diaryl/α,β-unsaturated/α-hetero) is 1. The van der Waals surface area contributed by atoms with E-state index < -0.39 is 11.0 Å². The first-order valence-corrected chi connectivity index (χ1v) is 10.6. The SMILES string of the molecule is COc1cccc(C2C3=C(CC(C)(C)CC3=O)Nc3nc(-c4cccc([N+](=O)[O-])c4)nn32)c1. The zero-order valence-electron chi connectivity index (χ0n) is 18.5. The van der Waals surface area contributed by atoms with Crippen molar-refractivity contribution < 1.29 is 14.5 Å². The van der Waals surface area contributed by atoms with Crippen molar-refractivity contribution in [1.29, 1.82) is 0 Å². The highest BCUT2D eigenvalue weighted by Crippen LogP contribution is 2.46. The second-order valence-electron chi connectivity index (χ2n) is 9.15. The van der Waals surface area contributed by atoms with Gasteiger partial charge in [-0.1, -0.05) is 38.1 Å². The molecular formula is C24H23N5O4. The molecule has 0 saturated carbocycles. The average Bonchev–Trinajstić information content (AvgIpc) is 3.20. The number of nitro benzene ring substituents is 1. The summed E-state index contributed by atoms with van der Waals surface area (Å²) in [6.07, 6.45) is 1.14. The lowest BCUT2D eigenvalue weighted by molar-refractivity contribution is -0.384. The molecule has 1 atom stereocenters. The van der Waals surface area contributed by atoms with Gasteiger partial charge in [0.1, 0.15) is 11.8 Å². The predicted molar refractivity (Wildman–Crippen MR) is 122 cm³/mol. The van der Waals surface area contributed by atoms with Gasteiger partial charge in [0.15, 0.2) is 11.6 Å². The zero-order chi connectivity index (χ0) is 23.3. The van der Waals surface area contributed by atoms with Gasteiger partial charge in [-0.05, 0) is 29.5 Å². The molecule has 9 heteroatoms. The Kier molecular flexibility index (Phi) is 4.77. The van der Waals surface area contributed by atoms with Crippen molar-refractivity contribution in [3.05, 3.63) is 75.5 Å². The van der Waals surface area contributed by atoms with Gasteiger partial charge in [0.2, 0.25) is 5.95 Å². The van der Waals surface area contributed by atoms with E-state index in [4.69, 9.17) is 4.74 Å². The Balaban J connectivity index is 1.67. The van der Waals surface area contributed by atoms with E-state index in [0.717, 1.165) is 11.3 Å². The number of ketones is 1. The maximum Gasteiger partial charge on any atom is 0.270 e. The first kappa shape index (κ1) is 20.9. The van der Waals surface area contributed by atoms with E-state index in [2.05, 4.69) is 29.2 Å². The lowest BCUT2D eigenvalue weighted by atomic mass is 9.73. The molecule has 0 saturated heterocycles. The van der Waals surface area contributed by atoms with Crippen LogP contribution < -0.4 is 10.1 Å². The molecule has 3 aromatic rings. The Morgan fingerprint density at radius 3 is 2.73 bits per heavy atom. The van der Waals surface area contributed by atoms with E-state index in [1.54, 1.807) is 23.9 Å². The second-order valence-corrected chi connectivity index (χ2v) is 9.15. The molecule has 0 fully saturated rings. The number of rotatable bonds is 4. The number of nitro groups is 1. The van der Waals surface area contributed by atoms with E-state index >= 15 is 0 Å². The molecule has 1 aromatic heterocycles. The number of nitrogens with zero attached hydrogens (tertiary/aromatic N) is 4. The zero-order valence-corrected chi connectivity index (χ0v) is 18.5. The molecule has 0 amide bonds. The minimum atomic E-state index is -0.477. The standard InChI is InChI=1S/C24H23N5O4/c1-24(2)12-18-20(19(30)13-24)21(14-6-5-9-17(11-14)33-3)28-23(25-18)26-22(27-28)15-7-4-8-16(10-15)29(31)32/h4-11,21H,12-13H2,1-3H3,(H,25,26,27). The molecule has 33 heavy (non-hydrogen) atoms. The van der Waals surface area contributed by atoms with E-state index in [0.29, 0.717) is 41.5 Å². The molecule has 1 N–H and O–H groups in total. The highest BCUT2D eigenvalue weighted by molar-refractivity contribution is 6.00. The molecule has 5 rings (SSSR count). The van der Waals surface area contributed by atoms with Gasteiger partial charge in [0.25, 0.3) is 5.69 Å². The molecule has 0 bridgehead atoms. The van der Waals surface area contributed by atoms with E-state index in [-0.39, 0.29) is 16.9 Å². The highest BCUT2D eigenvalue weighted by atomic mass is 16.6. The number of anilines is 1. The molecule has 2 aliphatic rings. The summed E-state index contributed by atoms with van der Waals surface area (Å²) in [7, 11) is 1.60. The number of allylic oxidation sites excluding steroid dienone is 2. The molecule has 2 aromatic carbocycles. The van der Waals surface area contributed by atoms with Gasteiger partial charge in [0.05, 0.1) is 12.0 Å². The van der Waals surface area contributed by atoms with Crippen LogP contribution in [0.4, 0.5) is 11.6 Å². The number of aromatic nitrogens is 3. The van der Waals surface area contributed by atoms with Crippen LogP contribution in [0.3, 0.4) is 0 Å². The van der Waals surface area contributed by atoms with E-state index in [9.17, 15) is 14.9 Å². The van der Waals surface area contributed by atoms with Gasteiger partial charge >= 0.3 is 0 Å². The summed E-state index contributed by atoms with van der Waals surface area (Å²) in [4.78, 5) is 28.8. The van der Waals surface area contributed by atoms with Crippen LogP contribution in [-0.2, 0) is 4.79 Å². The fourth-order valence-electron chi connectivity index (χ4n) is 4.61. The first-order chi connectivity index (χ1) is 15.8. The summed E-state index contributed by atoms with van der Waals surface area (Å²) in [6, 6.07) is 13.3. The number of hydrogen-bond donors (Lipinski definition) is 1.